The number of nitrogens with zero attached hydrogens (tertiary/aromatic N) is 3. The number of benzene rings is 3. The molecule has 5 rings (SSSR count). The van der Waals surface area contributed by atoms with Gasteiger partial charge in [0.2, 0.25) is 0 Å². The van der Waals surface area contributed by atoms with E-state index < -0.39 is 17.5 Å². The standard InChI is InChI=1S/C30H29N3O5/c1-4-37-28(34)25-20-32-30(22-14-10-7-11-15-22,26(25)29(35)38-5-2)27(21-12-8-6-9-13-21)31-33(32)23-16-18-24(36-3)19-17-23/h6-19H,4-5,20H2,1-3H3. The van der Waals surface area contributed by atoms with Crippen molar-refractivity contribution in [2.45, 2.75) is 19.4 Å². The zero-order valence-corrected chi connectivity index (χ0v) is 21.6. The summed E-state index contributed by atoms with van der Waals surface area (Å²) in [7, 11) is 1.61. The molecule has 0 fully saturated rings. The maximum absolute atomic E-state index is 13.8. The summed E-state index contributed by atoms with van der Waals surface area (Å²) in [5.41, 5.74) is 2.15. The van der Waals surface area contributed by atoms with Crippen molar-refractivity contribution >= 4 is 23.3 Å². The molecule has 3 aromatic carbocycles. The number of hydrogen-bond acceptors (Lipinski definition) is 8. The van der Waals surface area contributed by atoms with E-state index in [1.807, 2.05) is 89.9 Å². The van der Waals surface area contributed by atoms with E-state index in [1.54, 1.807) is 26.1 Å². The van der Waals surface area contributed by atoms with Gasteiger partial charge in [0.1, 0.15) is 17.0 Å². The Bertz CT molecular complexity index is 1390. The van der Waals surface area contributed by atoms with Crippen molar-refractivity contribution < 1.29 is 23.8 Å². The van der Waals surface area contributed by atoms with Crippen LogP contribution in [0.25, 0.3) is 0 Å². The number of rotatable bonds is 8. The van der Waals surface area contributed by atoms with E-state index in [1.165, 1.54) is 0 Å². The van der Waals surface area contributed by atoms with Crippen LogP contribution in [0.3, 0.4) is 0 Å². The lowest BCUT2D eigenvalue weighted by Gasteiger charge is -2.38. The van der Waals surface area contributed by atoms with Gasteiger partial charge in [-0.2, -0.15) is 15.2 Å². The molecule has 38 heavy (non-hydrogen) atoms. The maximum atomic E-state index is 13.8. The van der Waals surface area contributed by atoms with Gasteiger partial charge in [-0.15, -0.1) is 0 Å². The summed E-state index contributed by atoms with van der Waals surface area (Å²) in [6.07, 6.45) is 0. The first-order valence-electron chi connectivity index (χ1n) is 12.6. The van der Waals surface area contributed by atoms with Crippen molar-refractivity contribution in [3.05, 3.63) is 107 Å². The number of fused-ring (bicyclic) bond motifs is 1. The Balaban J connectivity index is 1.83. The summed E-state index contributed by atoms with van der Waals surface area (Å²) in [5.74, 6) is -0.432. The molecule has 0 bridgehead atoms. The third-order valence-electron chi connectivity index (χ3n) is 6.67. The summed E-state index contributed by atoms with van der Waals surface area (Å²) < 4.78 is 16.4. The van der Waals surface area contributed by atoms with Crippen molar-refractivity contribution in [1.82, 2.24) is 5.01 Å². The Morgan fingerprint density at radius 2 is 1.45 bits per heavy atom. The van der Waals surface area contributed by atoms with E-state index in [4.69, 9.17) is 19.3 Å². The molecule has 0 saturated heterocycles. The Morgan fingerprint density at radius 1 is 0.842 bits per heavy atom. The van der Waals surface area contributed by atoms with Crippen LogP contribution < -0.4 is 9.85 Å². The fourth-order valence-corrected chi connectivity index (χ4v) is 5.11. The smallest absolute Gasteiger partial charge is 0.337 e. The molecule has 0 aromatic heterocycles. The summed E-state index contributed by atoms with van der Waals surface area (Å²) in [4.78, 5) is 27.1. The highest BCUT2D eigenvalue weighted by molar-refractivity contribution is 6.19. The number of anilines is 1. The quantitative estimate of drug-likeness (QED) is 0.413. The zero-order valence-electron chi connectivity index (χ0n) is 21.6. The van der Waals surface area contributed by atoms with Gasteiger partial charge in [-0.3, -0.25) is 0 Å². The van der Waals surface area contributed by atoms with Crippen LogP contribution in [0, 0.1) is 0 Å². The van der Waals surface area contributed by atoms with Crippen molar-refractivity contribution in [1.29, 1.82) is 0 Å². The molecule has 8 nitrogen and oxygen atoms in total. The molecule has 0 saturated carbocycles. The van der Waals surface area contributed by atoms with Gasteiger partial charge >= 0.3 is 11.9 Å². The summed E-state index contributed by atoms with van der Waals surface area (Å²) in [5, 5.41) is 8.78. The van der Waals surface area contributed by atoms with Crippen molar-refractivity contribution in [2.24, 2.45) is 5.10 Å². The number of hydrazine groups is 1. The highest BCUT2D eigenvalue weighted by Gasteiger charge is 2.62. The molecular weight excluding hydrogens is 482 g/mol. The van der Waals surface area contributed by atoms with E-state index in [9.17, 15) is 9.59 Å². The van der Waals surface area contributed by atoms with Crippen LogP contribution in [-0.2, 0) is 24.6 Å². The minimum atomic E-state index is -1.24. The predicted octanol–water partition coefficient (Wildman–Crippen LogP) is 4.47. The fraction of sp³-hybridized carbons (Fsp3) is 0.233. The third kappa shape index (κ3) is 4.03. The average molecular weight is 512 g/mol. The monoisotopic (exact) mass is 511 g/mol. The number of methoxy groups -OCH3 is 1. The number of esters is 2. The van der Waals surface area contributed by atoms with Gasteiger partial charge in [0.25, 0.3) is 0 Å². The minimum absolute atomic E-state index is 0.0910. The SMILES string of the molecule is CCOC(=O)C1=C(C(=O)OCC)C2(c3ccccc3)C(c3ccccc3)=NN(c3ccc(OC)cc3)N2C1. The molecule has 2 aliphatic rings. The fourth-order valence-electron chi connectivity index (χ4n) is 5.11. The molecule has 0 radical (unpaired) electrons. The van der Waals surface area contributed by atoms with Crippen LogP contribution in [0.5, 0.6) is 5.75 Å². The Hall–Kier alpha value is -4.43. The van der Waals surface area contributed by atoms with Gasteiger partial charge in [-0.25, -0.2) is 9.59 Å². The van der Waals surface area contributed by atoms with E-state index in [-0.39, 0.29) is 30.9 Å². The van der Waals surface area contributed by atoms with Gasteiger partial charge in [-0.1, -0.05) is 60.7 Å². The predicted molar refractivity (Wildman–Crippen MR) is 144 cm³/mol. The molecule has 8 heteroatoms. The van der Waals surface area contributed by atoms with Crippen molar-refractivity contribution in [3.63, 3.8) is 0 Å². The second-order valence-corrected chi connectivity index (χ2v) is 8.73. The number of carbonyl (C=O) groups excluding carboxylic acids is 2. The third-order valence-corrected chi connectivity index (χ3v) is 6.67. The molecule has 0 N–H and O–H groups in total. The van der Waals surface area contributed by atoms with E-state index >= 15 is 0 Å². The first-order valence-corrected chi connectivity index (χ1v) is 12.6. The molecule has 2 aliphatic heterocycles. The molecule has 0 aliphatic carbocycles. The molecule has 1 unspecified atom stereocenters. The van der Waals surface area contributed by atoms with Gasteiger partial charge in [0.15, 0.2) is 0 Å². The molecule has 194 valence electrons. The highest BCUT2D eigenvalue weighted by atomic mass is 16.5. The van der Waals surface area contributed by atoms with Gasteiger partial charge in [0, 0.05) is 5.56 Å². The number of carbonyl (C=O) groups is 2. The summed E-state index contributed by atoms with van der Waals surface area (Å²) in [6, 6.07) is 26.7. The molecular formula is C30H29N3O5. The lowest BCUT2D eigenvalue weighted by Crippen LogP contribution is -2.51. The number of hydrogen-bond donors (Lipinski definition) is 0. The topological polar surface area (TPSA) is 80.7 Å². The van der Waals surface area contributed by atoms with Gasteiger partial charge in [-0.05, 0) is 43.7 Å². The molecule has 2 heterocycles. The van der Waals surface area contributed by atoms with E-state index in [0.717, 1.165) is 16.8 Å². The normalized spacial score (nSPS) is 18.7. The van der Waals surface area contributed by atoms with E-state index in [2.05, 4.69) is 0 Å². The number of hydrazone groups is 1. The lowest BCUT2D eigenvalue weighted by atomic mass is 9.76. The molecule has 3 aromatic rings. The van der Waals surface area contributed by atoms with Gasteiger partial charge < -0.3 is 14.2 Å². The molecule has 0 spiro atoms. The Labute approximate surface area is 221 Å². The van der Waals surface area contributed by atoms with Crippen molar-refractivity contribution in [2.75, 3.05) is 32.0 Å². The Kier molecular flexibility index (Phi) is 6.98. The van der Waals surface area contributed by atoms with Crippen molar-refractivity contribution in [3.8, 4) is 5.75 Å². The molecule has 1 atom stereocenters. The zero-order chi connectivity index (χ0) is 26.7. The van der Waals surface area contributed by atoms with Crippen LogP contribution in [0.4, 0.5) is 5.69 Å². The Morgan fingerprint density at radius 3 is 2.05 bits per heavy atom. The maximum Gasteiger partial charge on any atom is 0.337 e. The van der Waals surface area contributed by atoms with Crippen LogP contribution >= 0.6 is 0 Å². The van der Waals surface area contributed by atoms with Gasteiger partial charge in [0.05, 0.1) is 43.7 Å². The first kappa shape index (κ1) is 25.2. The summed E-state index contributed by atoms with van der Waals surface area (Å²) in [6.45, 7) is 3.91. The van der Waals surface area contributed by atoms with Crippen LogP contribution in [0.2, 0.25) is 0 Å². The van der Waals surface area contributed by atoms with E-state index in [0.29, 0.717) is 11.5 Å². The largest absolute Gasteiger partial charge is 0.497 e. The van der Waals surface area contributed by atoms with Crippen LogP contribution in [-0.4, -0.2) is 49.5 Å². The second-order valence-electron chi connectivity index (χ2n) is 8.73. The molecule has 0 amide bonds. The second kappa shape index (κ2) is 10.5. The lowest BCUT2D eigenvalue weighted by molar-refractivity contribution is -0.141. The average Bonchev–Trinajstić information content (AvgIpc) is 3.48. The highest BCUT2D eigenvalue weighted by Crippen LogP contribution is 2.51. The minimum Gasteiger partial charge on any atom is -0.497 e. The summed E-state index contributed by atoms with van der Waals surface area (Å²) >= 11 is 0. The first-order chi connectivity index (χ1) is 18.6. The van der Waals surface area contributed by atoms with Crippen LogP contribution in [0.1, 0.15) is 25.0 Å². The van der Waals surface area contributed by atoms with Crippen LogP contribution in [0.15, 0.2) is 101 Å². The number of ether oxygens (including phenoxy) is 3.